The third-order valence-electron chi connectivity index (χ3n) is 10.4. The predicted molar refractivity (Wildman–Crippen MR) is 179 cm³/mol. The van der Waals surface area contributed by atoms with Crippen molar-refractivity contribution in [3.05, 3.63) is 190 Å². The summed E-state index contributed by atoms with van der Waals surface area (Å²) in [5.74, 6) is 2.87. The zero-order valence-electron chi connectivity index (χ0n) is 24.7. The Labute approximate surface area is 262 Å². The number of ether oxygens (including phenoxy) is 1. The molecule has 0 aromatic heterocycles. The molecule has 1 fully saturated rings. The van der Waals surface area contributed by atoms with Gasteiger partial charge in [0.2, 0.25) is 6.17 Å². The molecule has 0 radical (unpaired) electrons. The summed E-state index contributed by atoms with van der Waals surface area (Å²) in [6.45, 7) is 0. The number of quaternary nitrogens is 1. The molecular formula is C42H31N2O+. The molecule has 3 nitrogen and oxygen atoms in total. The molecule has 3 atom stereocenters. The maximum atomic E-state index is 6.59. The summed E-state index contributed by atoms with van der Waals surface area (Å²) < 4.78 is 6.59. The van der Waals surface area contributed by atoms with Gasteiger partial charge in [0.15, 0.2) is 0 Å². The van der Waals surface area contributed by atoms with Crippen molar-refractivity contribution in [2.45, 2.75) is 18.0 Å². The molecule has 3 unspecified atom stereocenters. The van der Waals surface area contributed by atoms with Crippen molar-refractivity contribution < 1.29 is 10.1 Å². The first-order chi connectivity index (χ1) is 22.3. The van der Waals surface area contributed by atoms with E-state index in [0.717, 1.165) is 22.8 Å². The largest absolute Gasteiger partial charge is 0.457 e. The summed E-state index contributed by atoms with van der Waals surface area (Å²) in [7, 11) is 0. The lowest BCUT2D eigenvalue weighted by Crippen LogP contribution is -2.88. The van der Waals surface area contributed by atoms with Gasteiger partial charge in [-0.1, -0.05) is 109 Å². The van der Waals surface area contributed by atoms with E-state index in [-0.39, 0.29) is 6.17 Å². The second kappa shape index (κ2) is 9.37. The van der Waals surface area contributed by atoms with E-state index in [0.29, 0.717) is 11.8 Å². The Bertz CT molecular complexity index is 2110. The quantitative estimate of drug-likeness (QED) is 0.232. The Morgan fingerprint density at radius 2 is 1.20 bits per heavy atom. The fourth-order valence-corrected chi connectivity index (χ4v) is 8.50. The molecule has 3 heteroatoms. The minimum atomic E-state index is -0.436. The van der Waals surface area contributed by atoms with E-state index in [1.54, 1.807) is 0 Å². The molecule has 45 heavy (non-hydrogen) atoms. The number of allylic oxidation sites excluding steroid dienone is 4. The number of rotatable bonds is 3. The van der Waals surface area contributed by atoms with Gasteiger partial charge in [0, 0.05) is 33.9 Å². The molecule has 0 saturated heterocycles. The highest BCUT2D eigenvalue weighted by atomic mass is 16.5. The maximum absolute atomic E-state index is 6.59. The molecule has 0 bridgehead atoms. The van der Waals surface area contributed by atoms with Crippen LogP contribution in [0, 0.1) is 11.8 Å². The van der Waals surface area contributed by atoms with Crippen LogP contribution in [0.25, 0.3) is 11.3 Å². The normalized spacial score (nSPS) is 22.9. The van der Waals surface area contributed by atoms with E-state index in [9.17, 15) is 0 Å². The van der Waals surface area contributed by atoms with Crippen molar-refractivity contribution >= 4 is 17.0 Å². The predicted octanol–water partition coefficient (Wildman–Crippen LogP) is 7.90. The van der Waals surface area contributed by atoms with Gasteiger partial charge < -0.3 is 4.74 Å². The number of fused-ring (bicyclic) bond motifs is 10. The monoisotopic (exact) mass is 579 g/mol. The lowest BCUT2D eigenvalue weighted by Gasteiger charge is -2.40. The average Bonchev–Trinajstić information content (AvgIpc) is 3.86. The zero-order chi connectivity index (χ0) is 29.5. The first-order valence-corrected chi connectivity index (χ1v) is 16.0. The van der Waals surface area contributed by atoms with E-state index in [4.69, 9.17) is 9.73 Å². The lowest BCUT2D eigenvalue weighted by molar-refractivity contribution is -0.593. The van der Waals surface area contributed by atoms with Crippen molar-refractivity contribution in [3.63, 3.8) is 0 Å². The van der Waals surface area contributed by atoms with Crippen molar-refractivity contribution in [2.75, 3.05) is 0 Å². The second-order valence-corrected chi connectivity index (χ2v) is 12.8. The van der Waals surface area contributed by atoms with E-state index in [1.807, 2.05) is 0 Å². The van der Waals surface area contributed by atoms with E-state index < -0.39 is 5.41 Å². The van der Waals surface area contributed by atoms with Crippen LogP contribution >= 0.6 is 0 Å². The second-order valence-electron chi connectivity index (χ2n) is 12.8. The summed E-state index contributed by atoms with van der Waals surface area (Å²) in [6.07, 6.45) is 5.96. The molecule has 5 aromatic carbocycles. The molecule has 1 spiro atoms. The standard InChI is InChI=1S/C42H30N2O/c1-3-13-26(14-4-1)36-25-37(27-15-5-2-6-16-27)44-41(43-36)31-24-35-40(30-23-29(30)31)28-17-7-8-18-32(28)42(35)33-19-9-11-21-38(33)45-39-22-12-10-20-34(39)42/h1-22,24-25,29-30,41,43H,23H2/p+1. The topological polar surface area (TPSA) is 38.2 Å². The van der Waals surface area contributed by atoms with Crippen molar-refractivity contribution in [3.8, 4) is 11.5 Å². The van der Waals surface area contributed by atoms with Gasteiger partial charge in [-0.25, -0.2) is 4.99 Å². The zero-order valence-corrected chi connectivity index (χ0v) is 24.7. The molecule has 5 aromatic rings. The van der Waals surface area contributed by atoms with Crippen LogP contribution in [0.3, 0.4) is 0 Å². The summed E-state index contributed by atoms with van der Waals surface area (Å²) in [6, 6.07) is 47.8. The number of hydrogen-bond acceptors (Lipinski definition) is 2. The van der Waals surface area contributed by atoms with Crippen molar-refractivity contribution in [1.82, 2.24) is 0 Å². The molecule has 2 aliphatic heterocycles. The molecule has 2 N–H and O–H groups in total. The summed E-state index contributed by atoms with van der Waals surface area (Å²) in [5.41, 5.74) is 13.8. The summed E-state index contributed by atoms with van der Waals surface area (Å²) in [5, 5.41) is 2.40. The Balaban J connectivity index is 1.20. The van der Waals surface area contributed by atoms with Crippen LogP contribution in [-0.2, 0) is 5.41 Å². The fraction of sp³-hybridized carbons (Fsp3) is 0.119. The van der Waals surface area contributed by atoms with Crippen LogP contribution in [0.4, 0.5) is 0 Å². The first-order valence-electron chi connectivity index (χ1n) is 16.0. The third-order valence-corrected chi connectivity index (χ3v) is 10.4. The number of nitrogens with zero attached hydrogens (tertiary/aromatic N) is 1. The molecule has 0 amide bonds. The Morgan fingerprint density at radius 3 is 1.91 bits per heavy atom. The molecule has 214 valence electrons. The molecule has 1 saturated carbocycles. The number of benzene rings is 5. The van der Waals surface area contributed by atoms with Crippen LogP contribution < -0.4 is 10.1 Å². The third kappa shape index (κ3) is 3.53. The van der Waals surface area contributed by atoms with E-state index in [2.05, 4.69) is 151 Å². The number of hydrogen-bond donors (Lipinski definition) is 1. The maximum Gasteiger partial charge on any atom is 0.207 e. The molecule has 5 aliphatic rings. The van der Waals surface area contributed by atoms with Gasteiger partial charge in [0.25, 0.3) is 0 Å². The minimum Gasteiger partial charge on any atom is -0.457 e. The van der Waals surface area contributed by atoms with E-state index >= 15 is 0 Å². The van der Waals surface area contributed by atoms with Gasteiger partial charge in [-0.2, -0.15) is 0 Å². The average molecular weight is 580 g/mol. The Morgan fingerprint density at radius 1 is 0.600 bits per heavy atom. The lowest BCUT2D eigenvalue weighted by atomic mass is 9.64. The minimum absolute atomic E-state index is 0.0319. The van der Waals surface area contributed by atoms with Gasteiger partial charge >= 0.3 is 0 Å². The molecular weight excluding hydrogens is 548 g/mol. The van der Waals surface area contributed by atoms with Gasteiger partial charge in [0.1, 0.15) is 17.2 Å². The van der Waals surface area contributed by atoms with Crippen LogP contribution in [0.2, 0.25) is 0 Å². The molecule has 10 rings (SSSR count). The van der Waals surface area contributed by atoms with Gasteiger partial charge in [-0.05, 0) is 70.9 Å². The summed E-state index contributed by atoms with van der Waals surface area (Å²) >= 11 is 0. The number of nitrogens with two attached hydrogens (primary N) is 1. The SMILES string of the molecule is C1=C(c2ccccc2)[NH2+]C(C2=CC3=C(c4ccccc4C34c3ccccc3Oc3ccccc34)C3CC23)N=C1c1ccccc1. The fourth-order valence-electron chi connectivity index (χ4n) is 8.50. The molecule has 3 aliphatic carbocycles. The molecule has 2 heterocycles. The van der Waals surface area contributed by atoms with Crippen LogP contribution in [0.15, 0.2) is 162 Å². The highest BCUT2D eigenvalue weighted by Gasteiger charge is 2.59. The van der Waals surface area contributed by atoms with Crippen molar-refractivity contribution in [1.29, 1.82) is 0 Å². The Kier molecular flexibility index (Phi) is 5.23. The Hall–Kier alpha value is -5.25. The first kappa shape index (κ1) is 25.1. The number of para-hydroxylation sites is 2. The van der Waals surface area contributed by atoms with Gasteiger partial charge in [0.05, 0.1) is 11.1 Å². The highest BCUT2D eigenvalue weighted by molar-refractivity contribution is 6.12. The highest BCUT2D eigenvalue weighted by Crippen LogP contribution is 2.68. The van der Waals surface area contributed by atoms with Crippen LogP contribution in [-0.4, -0.2) is 11.9 Å². The smallest absolute Gasteiger partial charge is 0.207 e. The van der Waals surface area contributed by atoms with E-state index in [1.165, 1.54) is 56.7 Å². The summed E-state index contributed by atoms with van der Waals surface area (Å²) in [4.78, 5) is 5.48. The van der Waals surface area contributed by atoms with Crippen LogP contribution in [0.5, 0.6) is 11.5 Å². The van der Waals surface area contributed by atoms with Gasteiger partial charge in [-0.15, -0.1) is 0 Å². The van der Waals surface area contributed by atoms with Crippen molar-refractivity contribution in [2.24, 2.45) is 16.8 Å². The van der Waals surface area contributed by atoms with Crippen LogP contribution in [0.1, 0.15) is 39.8 Å². The number of aliphatic imine (C=N–C) groups is 1. The van der Waals surface area contributed by atoms with Gasteiger partial charge in [-0.3, -0.25) is 5.32 Å².